The van der Waals surface area contributed by atoms with Gasteiger partial charge in [0, 0.05) is 23.8 Å². The molecule has 2 rings (SSSR count). The number of benzene rings is 2. The van der Waals surface area contributed by atoms with E-state index in [1.165, 1.54) is 36.5 Å². The molecule has 5 nitrogen and oxygen atoms in total. The van der Waals surface area contributed by atoms with Gasteiger partial charge in [-0.2, -0.15) is 13.2 Å². The number of amides is 1. The smallest absolute Gasteiger partial charge is 0.416 e. The van der Waals surface area contributed by atoms with E-state index in [-0.39, 0.29) is 22.8 Å². The van der Waals surface area contributed by atoms with Crippen molar-refractivity contribution in [3.05, 3.63) is 82.7 Å². The van der Waals surface area contributed by atoms with Crippen LogP contribution in [0.2, 0.25) is 5.02 Å². The first-order valence-corrected chi connectivity index (χ1v) is 8.57. The maximum Gasteiger partial charge on any atom is 0.416 e. The van der Waals surface area contributed by atoms with E-state index in [9.17, 15) is 22.8 Å². The number of carbonyl (C=O) groups is 2. The minimum absolute atomic E-state index is 0.0780. The van der Waals surface area contributed by atoms with Gasteiger partial charge in [-0.15, -0.1) is 0 Å². The third kappa shape index (κ3) is 6.39. The third-order valence-electron chi connectivity index (χ3n) is 3.53. The number of hydrogen-bond acceptors (Lipinski definition) is 4. The Kier molecular flexibility index (Phi) is 7.44. The fraction of sp³-hybridized carbons (Fsp3) is 0.100. The van der Waals surface area contributed by atoms with E-state index in [1.807, 2.05) is 0 Å². The van der Waals surface area contributed by atoms with Crippen LogP contribution in [0.4, 0.5) is 13.2 Å². The standard InChI is InChI=1S/C20H16ClF3N2O3/c1-25-10-8-15(9-11-27)26-19(28)17-12-13(20(22,23)24)2-7-18(17)29-16-5-3-14(21)4-6-16/h2-12,25H,1H3,(H,26,28)/b10-8-,15-9+. The molecule has 152 valence electrons. The quantitative estimate of drug-likeness (QED) is 0.384. The van der Waals surface area contributed by atoms with Crippen LogP contribution in [0.3, 0.4) is 0 Å². The van der Waals surface area contributed by atoms with Crippen LogP contribution in [0, 0.1) is 0 Å². The molecule has 0 radical (unpaired) electrons. The molecule has 1 amide bonds. The van der Waals surface area contributed by atoms with Gasteiger partial charge in [-0.1, -0.05) is 11.6 Å². The van der Waals surface area contributed by atoms with Crippen molar-refractivity contribution in [2.45, 2.75) is 6.18 Å². The summed E-state index contributed by atoms with van der Waals surface area (Å²) in [7, 11) is 1.60. The van der Waals surface area contributed by atoms with Crippen molar-refractivity contribution in [3.63, 3.8) is 0 Å². The number of hydrogen-bond donors (Lipinski definition) is 2. The van der Waals surface area contributed by atoms with Gasteiger partial charge in [0.2, 0.25) is 0 Å². The van der Waals surface area contributed by atoms with Crippen molar-refractivity contribution < 1.29 is 27.5 Å². The van der Waals surface area contributed by atoms with Gasteiger partial charge in [-0.25, -0.2) is 0 Å². The molecule has 0 spiro atoms. The molecule has 0 aromatic heterocycles. The SMILES string of the molecule is CN/C=C\C(=C/C=O)NC(=O)c1cc(C(F)(F)F)ccc1Oc1ccc(Cl)cc1. The maximum atomic E-state index is 13.1. The van der Waals surface area contributed by atoms with E-state index in [4.69, 9.17) is 16.3 Å². The molecule has 2 N–H and O–H groups in total. The van der Waals surface area contributed by atoms with Crippen LogP contribution >= 0.6 is 11.6 Å². The molecule has 0 saturated carbocycles. The molecule has 0 bridgehead atoms. The lowest BCUT2D eigenvalue weighted by Gasteiger charge is -2.15. The summed E-state index contributed by atoms with van der Waals surface area (Å²) >= 11 is 5.81. The molecule has 9 heteroatoms. The minimum Gasteiger partial charge on any atom is -0.457 e. The normalized spacial score (nSPS) is 12.0. The van der Waals surface area contributed by atoms with Crippen molar-refractivity contribution in [1.82, 2.24) is 10.6 Å². The molecule has 0 unspecified atom stereocenters. The third-order valence-corrected chi connectivity index (χ3v) is 3.78. The Labute approximate surface area is 169 Å². The highest BCUT2D eigenvalue weighted by Crippen LogP contribution is 2.34. The Morgan fingerprint density at radius 2 is 1.83 bits per heavy atom. The van der Waals surface area contributed by atoms with Crippen LogP contribution in [-0.2, 0) is 11.0 Å². The predicted molar refractivity (Wildman–Crippen MR) is 103 cm³/mol. The Morgan fingerprint density at radius 3 is 2.41 bits per heavy atom. The van der Waals surface area contributed by atoms with Crippen molar-refractivity contribution in [2.75, 3.05) is 7.05 Å². The van der Waals surface area contributed by atoms with Crippen LogP contribution in [0.25, 0.3) is 0 Å². The van der Waals surface area contributed by atoms with Gasteiger partial charge in [0.1, 0.15) is 17.8 Å². The number of rotatable bonds is 7. The van der Waals surface area contributed by atoms with Gasteiger partial charge < -0.3 is 15.4 Å². The maximum absolute atomic E-state index is 13.1. The van der Waals surface area contributed by atoms with Crippen LogP contribution in [0.1, 0.15) is 15.9 Å². The first kappa shape index (κ1) is 22.0. The summed E-state index contributed by atoms with van der Waals surface area (Å²) in [5, 5.41) is 5.50. The molecule has 2 aromatic carbocycles. The largest absolute Gasteiger partial charge is 0.457 e. The van der Waals surface area contributed by atoms with Crippen LogP contribution < -0.4 is 15.4 Å². The number of ether oxygens (including phenoxy) is 1. The average molecular weight is 425 g/mol. The molecule has 0 atom stereocenters. The molecule has 0 heterocycles. The van der Waals surface area contributed by atoms with E-state index >= 15 is 0 Å². The first-order valence-electron chi connectivity index (χ1n) is 8.20. The van der Waals surface area contributed by atoms with Crippen LogP contribution in [-0.4, -0.2) is 19.2 Å². The van der Waals surface area contributed by atoms with Gasteiger partial charge in [0.05, 0.1) is 11.1 Å². The molecular formula is C20H16ClF3N2O3. The Balaban J connectivity index is 2.43. The zero-order valence-corrected chi connectivity index (χ0v) is 15.8. The van der Waals surface area contributed by atoms with Gasteiger partial charge in [0.15, 0.2) is 0 Å². The number of alkyl halides is 3. The van der Waals surface area contributed by atoms with Gasteiger partial charge in [0.25, 0.3) is 5.91 Å². The highest BCUT2D eigenvalue weighted by Gasteiger charge is 2.32. The average Bonchev–Trinajstić information content (AvgIpc) is 2.67. The highest BCUT2D eigenvalue weighted by atomic mass is 35.5. The first-order chi connectivity index (χ1) is 13.7. The monoisotopic (exact) mass is 424 g/mol. The number of allylic oxidation sites excluding steroid dienone is 2. The molecule has 0 aliphatic rings. The van der Waals surface area contributed by atoms with Gasteiger partial charge in [-0.05, 0) is 54.7 Å². The summed E-state index contributed by atoms with van der Waals surface area (Å²) in [6.45, 7) is 0. The molecule has 0 saturated heterocycles. The molecule has 0 fully saturated rings. The van der Waals surface area contributed by atoms with E-state index in [2.05, 4.69) is 10.6 Å². The lowest BCUT2D eigenvalue weighted by atomic mass is 10.1. The lowest BCUT2D eigenvalue weighted by Crippen LogP contribution is -2.23. The zero-order valence-electron chi connectivity index (χ0n) is 15.1. The second-order valence-corrected chi connectivity index (χ2v) is 6.04. The van der Waals surface area contributed by atoms with Crippen LogP contribution in [0.15, 0.2) is 66.5 Å². The van der Waals surface area contributed by atoms with E-state index in [0.717, 1.165) is 18.2 Å². The Hall–Kier alpha value is -3.26. The topological polar surface area (TPSA) is 67.4 Å². The minimum atomic E-state index is -4.65. The summed E-state index contributed by atoms with van der Waals surface area (Å²) in [5.74, 6) is -0.697. The van der Waals surface area contributed by atoms with Crippen LogP contribution in [0.5, 0.6) is 11.5 Å². The highest BCUT2D eigenvalue weighted by molar-refractivity contribution is 6.30. The van der Waals surface area contributed by atoms with Gasteiger partial charge >= 0.3 is 6.18 Å². The molecule has 0 aliphatic carbocycles. The number of carbonyl (C=O) groups excluding carboxylic acids is 2. The zero-order chi connectivity index (χ0) is 21.4. The Morgan fingerprint density at radius 1 is 1.14 bits per heavy atom. The summed E-state index contributed by atoms with van der Waals surface area (Å²) in [6, 6.07) is 8.64. The van der Waals surface area contributed by atoms with Crippen molar-refractivity contribution >= 4 is 23.8 Å². The summed E-state index contributed by atoms with van der Waals surface area (Å²) in [4.78, 5) is 23.4. The number of nitrogens with one attached hydrogen (secondary N) is 2. The van der Waals surface area contributed by atoms with E-state index in [1.54, 1.807) is 7.05 Å². The number of halogens is 4. The fourth-order valence-corrected chi connectivity index (χ4v) is 2.31. The van der Waals surface area contributed by atoms with Crippen molar-refractivity contribution in [1.29, 1.82) is 0 Å². The summed E-state index contributed by atoms with van der Waals surface area (Å²) in [5.41, 5.74) is -1.29. The molecular weight excluding hydrogens is 409 g/mol. The van der Waals surface area contributed by atoms with E-state index < -0.39 is 17.6 Å². The Bertz CT molecular complexity index is 939. The fourth-order valence-electron chi connectivity index (χ4n) is 2.19. The summed E-state index contributed by atoms with van der Waals surface area (Å²) in [6.07, 6.45) is -0.347. The second kappa shape index (κ2) is 9.79. The summed E-state index contributed by atoms with van der Waals surface area (Å²) < 4.78 is 44.9. The van der Waals surface area contributed by atoms with Crippen molar-refractivity contribution in [3.8, 4) is 11.5 Å². The predicted octanol–water partition coefficient (Wildman–Crippen LogP) is 4.70. The molecule has 29 heavy (non-hydrogen) atoms. The van der Waals surface area contributed by atoms with Gasteiger partial charge in [-0.3, -0.25) is 9.59 Å². The number of aldehydes is 1. The van der Waals surface area contributed by atoms with Crippen molar-refractivity contribution in [2.24, 2.45) is 0 Å². The molecule has 2 aromatic rings. The van der Waals surface area contributed by atoms with E-state index in [0.29, 0.717) is 17.4 Å². The second-order valence-electron chi connectivity index (χ2n) is 5.60. The molecule has 0 aliphatic heterocycles. The lowest BCUT2D eigenvalue weighted by molar-refractivity contribution is -0.137.